The van der Waals surface area contributed by atoms with Gasteiger partial charge in [-0.2, -0.15) is 0 Å². The second-order valence-electron chi connectivity index (χ2n) is 3.08. The summed E-state index contributed by atoms with van der Waals surface area (Å²) in [7, 11) is 0.889. The van der Waals surface area contributed by atoms with Gasteiger partial charge >= 0.3 is 12.3 Å². The minimum absolute atomic E-state index is 0.348. The van der Waals surface area contributed by atoms with Crippen molar-refractivity contribution in [2.45, 2.75) is 12.8 Å². The number of carboxylic acids is 1. The van der Waals surface area contributed by atoms with Crippen molar-refractivity contribution in [3.63, 3.8) is 0 Å². The largest absolute Gasteiger partial charge is 0.574 e. The molecule has 0 atom stereocenters. The van der Waals surface area contributed by atoms with E-state index in [0.717, 1.165) is 7.11 Å². The van der Waals surface area contributed by atoms with Crippen molar-refractivity contribution < 1.29 is 41.3 Å². The molecule has 0 saturated heterocycles. The van der Waals surface area contributed by atoms with Gasteiger partial charge in [0.2, 0.25) is 5.88 Å². The van der Waals surface area contributed by atoms with Crippen molar-refractivity contribution in [1.82, 2.24) is 4.98 Å². The van der Waals surface area contributed by atoms with Gasteiger partial charge in [-0.05, 0) is 0 Å². The highest BCUT2D eigenvalue weighted by molar-refractivity contribution is 5.91. The molecule has 0 saturated carbocycles. The molecule has 0 bridgehead atoms. The Labute approximate surface area is 102 Å². The maximum atomic E-state index is 12.6. The summed E-state index contributed by atoms with van der Waals surface area (Å²) >= 11 is 0. The second kappa shape index (κ2) is 5.24. The molecule has 0 unspecified atom stereocenters. The monoisotopic (exact) mass is 287 g/mol. The molecular formula is C9H6F5NO4. The number of alkyl halides is 5. The number of hydrogen-bond donors (Lipinski definition) is 1. The third kappa shape index (κ3) is 3.66. The zero-order chi connectivity index (χ0) is 14.8. The highest BCUT2D eigenvalue weighted by Gasteiger charge is 2.34. The molecule has 1 rings (SSSR count). The summed E-state index contributed by atoms with van der Waals surface area (Å²) in [6.07, 6.45) is -8.51. The van der Waals surface area contributed by atoms with Crippen LogP contribution in [0.4, 0.5) is 22.0 Å². The Hall–Kier alpha value is -2.13. The Morgan fingerprint density at radius 3 is 2.37 bits per heavy atom. The summed E-state index contributed by atoms with van der Waals surface area (Å²) < 4.78 is 68.8. The number of aromatic carboxylic acids is 1. The summed E-state index contributed by atoms with van der Waals surface area (Å²) in [5.74, 6) is -3.88. The van der Waals surface area contributed by atoms with Crippen LogP contribution in [0.5, 0.6) is 11.6 Å². The Morgan fingerprint density at radius 2 is 2.00 bits per heavy atom. The summed E-state index contributed by atoms with van der Waals surface area (Å²) in [4.78, 5) is 13.7. The first-order valence-corrected chi connectivity index (χ1v) is 4.51. The molecule has 1 N–H and O–H groups in total. The number of halogens is 5. The van der Waals surface area contributed by atoms with Crippen LogP contribution < -0.4 is 9.47 Å². The van der Waals surface area contributed by atoms with E-state index >= 15 is 0 Å². The molecule has 0 aliphatic carbocycles. The summed E-state index contributed by atoms with van der Waals surface area (Å²) in [5.41, 5.74) is -2.16. The lowest BCUT2D eigenvalue weighted by Gasteiger charge is -2.13. The van der Waals surface area contributed by atoms with E-state index in [-0.39, 0.29) is 0 Å². The smallest absolute Gasteiger partial charge is 0.494 e. The van der Waals surface area contributed by atoms with Crippen molar-refractivity contribution in [2.75, 3.05) is 7.11 Å². The minimum atomic E-state index is -5.18. The first kappa shape index (κ1) is 14.9. The number of pyridine rings is 1. The fourth-order valence-corrected chi connectivity index (χ4v) is 1.22. The van der Waals surface area contributed by atoms with Gasteiger partial charge in [0.05, 0.1) is 7.11 Å². The number of nitrogens with zero attached hydrogens (tertiary/aromatic N) is 1. The number of rotatable bonds is 4. The van der Waals surface area contributed by atoms with Crippen LogP contribution in [0.25, 0.3) is 0 Å². The first-order chi connectivity index (χ1) is 8.65. The molecule has 0 aliphatic rings. The van der Waals surface area contributed by atoms with Crippen LogP contribution in [0.15, 0.2) is 6.07 Å². The van der Waals surface area contributed by atoms with Crippen LogP contribution in [0.2, 0.25) is 0 Å². The van der Waals surface area contributed by atoms with Gasteiger partial charge in [-0.15, -0.1) is 13.2 Å². The lowest BCUT2D eigenvalue weighted by Crippen LogP contribution is -2.19. The van der Waals surface area contributed by atoms with Gasteiger partial charge in [-0.1, -0.05) is 0 Å². The van der Waals surface area contributed by atoms with Crippen LogP contribution in [0.3, 0.4) is 0 Å². The lowest BCUT2D eigenvalue weighted by atomic mass is 10.2. The topological polar surface area (TPSA) is 68.7 Å². The third-order valence-electron chi connectivity index (χ3n) is 1.84. The quantitative estimate of drug-likeness (QED) is 0.862. The molecule has 106 valence electrons. The van der Waals surface area contributed by atoms with Crippen molar-refractivity contribution in [2.24, 2.45) is 0 Å². The van der Waals surface area contributed by atoms with Gasteiger partial charge in [0.1, 0.15) is 5.56 Å². The molecule has 0 aromatic carbocycles. The van der Waals surface area contributed by atoms with Crippen LogP contribution >= 0.6 is 0 Å². The minimum Gasteiger partial charge on any atom is -0.494 e. The lowest BCUT2D eigenvalue weighted by molar-refractivity contribution is -0.276. The number of carbonyl (C=O) groups is 1. The van der Waals surface area contributed by atoms with Gasteiger partial charge < -0.3 is 14.6 Å². The number of methoxy groups -OCH3 is 1. The standard InChI is InChI=1S/C9H6F5NO4/c1-18-6-3(8(16)17)2-4(19-9(12,13)14)15-5(6)7(10)11/h2,7H,1H3,(H,16,17). The molecular weight excluding hydrogens is 281 g/mol. The SMILES string of the molecule is COc1c(C(=O)O)cc(OC(F)(F)F)nc1C(F)F. The normalized spacial score (nSPS) is 11.5. The molecule has 19 heavy (non-hydrogen) atoms. The van der Waals surface area contributed by atoms with Gasteiger partial charge in [0.25, 0.3) is 6.43 Å². The van der Waals surface area contributed by atoms with Gasteiger partial charge in [0.15, 0.2) is 11.4 Å². The van der Waals surface area contributed by atoms with Crippen LogP contribution in [-0.2, 0) is 0 Å². The molecule has 0 amide bonds. The maximum absolute atomic E-state index is 12.6. The molecule has 1 aromatic heterocycles. The zero-order valence-electron chi connectivity index (χ0n) is 9.16. The van der Waals surface area contributed by atoms with Gasteiger partial charge in [-0.3, -0.25) is 0 Å². The molecule has 0 fully saturated rings. The summed E-state index contributed by atoms with van der Waals surface area (Å²) in [6.45, 7) is 0. The van der Waals surface area contributed by atoms with E-state index in [0.29, 0.717) is 6.07 Å². The predicted octanol–water partition coefficient (Wildman–Crippen LogP) is 2.62. The highest BCUT2D eigenvalue weighted by Crippen LogP contribution is 2.34. The second-order valence-corrected chi connectivity index (χ2v) is 3.08. The predicted molar refractivity (Wildman–Crippen MR) is 49.4 cm³/mol. The maximum Gasteiger partial charge on any atom is 0.574 e. The van der Waals surface area contributed by atoms with Gasteiger partial charge in [-0.25, -0.2) is 18.6 Å². The van der Waals surface area contributed by atoms with Gasteiger partial charge in [0, 0.05) is 6.07 Å². The van der Waals surface area contributed by atoms with Crippen molar-refractivity contribution in [1.29, 1.82) is 0 Å². The summed E-state index contributed by atoms with van der Waals surface area (Å²) in [5, 5.41) is 8.74. The van der Waals surface area contributed by atoms with E-state index in [1.165, 1.54) is 0 Å². The Morgan fingerprint density at radius 1 is 1.42 bits per heavy atom. The highest BCUT2D eigenvalue weighted by atomic mass is 19.4. The van der Waals surface area contributed by atoms with Crippen LogP contribution in [-0.4, -0.2) is 29.5 Å². The Bertz CT molecular complexity index is 488. The van der Waals surface area contributed by atoms with E-state index in [1.54, 1.807) is 0 Å². The van der Waals surface area contributed by atoms with Crippen molar-refractivity contribution >= 4 is 5.97 Å². The Kier molecular flexibility index (Phi) is 4.12. The van der Waals surface area contributed by atoms with Crippen LogP contribution in [0.1, 0.15) is 22.5 Å². The van der Waals surface area contributed by atoms with E-state index in [4.69, 9.17) is 5.11 Å². The first-order valence-electron chi connectivity index (χ1n) is 4.51. The molecule has 0 aliphatic heterocycles. The van der Waals surface area contributed by atoms with Crippen molar-refractivity contribution in [3.05, 3.63) is 17.3 Å². The fourth-order valence-electron chi connectivity index (χ4n) is 1.22. The van der Waals surface area contributed by atoms with E-state index < -0.39 is 41.6 Å². The van der Waals surface area contributed by atoms with E-state index in [2.05, 4.69) is 14.5 Å². The molecule has 0 spiro atoms. The van der Waals surface area contributed by atoms with E-state index in [1.807, 2.05) is 0 Å². The number of ether oxygens (including phenoxy) is 2. The average Bonchev–Trinajstić information content (AvgIpc) is 2.25. The average molecular weight is 287 g/mol. The number of carboxylic acid groups (broad SMARTS) is 1. The number of aromatic nitrogens is 1. The van der Waals surface area contributed by atoms with Crippen LogP contribution in [0, 0.1) is 0 Å². The van der Waals surface area contributed by atoms with Crippen molar-refractivity contribution in [3.8, 4) is 11.6 Å². The summed E-state index contributed by atoms with van der Waals surface area (Å²) in [6, 6.07) is 0.348. The molecule has 1 heterocycles. The zero-order valence-corrected chi connectivity index (χ0v) is 9.16. The van der Waals surface area contributed by atoms with E-state index in [9.17, 15) is 26.7 Å². The molecule has 0 radical (unpaired) electrons. The molecule has 1 aromatic rings. The molecule has 10 heteroatoms. The molecule has 5 nitrogen and oxygen atoms in total. The fraction of sp³-hybridized carbons (Fsp3) is 0.333. The third-order valence-corrected chi connectivity index (χ3v) is 1.84. The Balaban J connectivity index is 3.41. The number of hydrogen-bond acceptors (Lipinski definition) is 4.